The maximum atomic E-state index is 14.0. The predicted octanol–water partition coefficient (Wildman–Crippen LogP) is 4.72. The van der Waals surface area contributed by atoms with E-state index in [1.165, 1.54) is 30.0 Å². The van der Waals surface area contributed by atoms with E-state index in [1.54, 1.807) is 37.3 Å². The van der Waals surface area contributed by atoms with Crippen molar-refractivity contribution in [1.82, 2.24) is 19.7 Å². The number of para-hydroxylation sites is 1. The van der Waals surface area contributed by atoms with Gasteiger partial charge in [-0.05, 0) is 57.2 Å². The Hall–Kier alpha value is -3.14. The molecule has 10 heteroatoms. The van der Waals surface area contributed by atoms with Crippen molar-refractivity contribution in [2.24, 2.45) is 0 Å². The zero-order valence-electron chi connectivity index (χ0n) is 20.0. The molecule has 4 rings (SSSR count). The molecule has 1 saturated heterocycles. The van der Waals surface area contributed by atoms with Crippen molar-refractivity contribution in [2.45, 2.75) is 38.1 Å². The van der Waals surface area contributed by atoms with Crippen LogP contribution in [0, 0.1) is 11.6 Å². The van der Waals surface area contributed by atoms with E-state index in [0.29, 0.717) is 37.2 Å². The molecule has 0 radical (unpaired) electrons. The molecule has 186 valence electrons. The molecule has 0 N–H and O–H groups in total. The number of hydrogen-bond donors (Lipinski definition) is 0. The molecule has 0 saturated carbocycles. The summed E-state index contributed by atoms with van der Waals surface area (Å²) in [7, 11) is 0. The van der Waals surface area contributed by atoms with Crippen LogP contribution < -0.4 is 9.64 Å². The van der Waals surface area contributed by atoms with Crippen molar-refractivity contribution in [3.05, 3.63) is 66.0 Å². The number of hydrogen-bond acceptors (Lipinski definition) is 6. The first-order valence-corrected chi connectivity index (χ1v) is 12.6. The normalized spacial score (nSPS) is 14.9. The lowest BCUT2D eigenvalue weighted by Gasteiger charge is -2.36. The quantitative estimate of drug-likeness (QED) is 0.417. The van der Waals surface area contributed by atoms with Crippen molar-refractivity contribution in [2.75, 3.05) is 36.8 Å². The second kappa shape index (κ2) is 11.1. The molecule has 7 nitrogen and oxygen atoms in total. The number of carbonyl (C=O) groups excluding carboxylic acids is 1. The molecule has 3 aromatic rings. The van der Waals surface area contributed by atoms with E-state index in [0.717, 1.165) is 5.69 Å². The maximum Gasteiger partial charge on any atom is 0.233 e. The zero-order valence-corrected chi connectivity index (χ0v) is 20.8. The summed E-state index contributed by atoms with van der Waals surface area (Å²) in [5.74, 6) is 0.307. The average Bonchev–Trinajstić information content (AvgIpc) is 3.29. The summed E-state index contributed by atoms with van der Waals surface area (Å²) in [5, 5.41) is 9.20. The maximum absolute atomic E-state index is 14.0. The van der Waals surface area contributed by atoms with E-state index in [2.05, 4.69) is 15.1 Å². The molecule has 0 spiro atoms. The third-order valence-electron chi connectivity index (χ3n) is 5.86. The Morgan fingerprint density at radius 3 is 2.34 bits per heavy atom. The second-order valence-electron chi connectivity index (χ2n) is 8.63. The summed E-state index contributed by atoms with van der Waals surface area (Å²) in [6, 6.07) is 12.7. The van der Waals surface area contributed by atoms with Crippen LogP contribution in [0.4, 0.5) is 14.5 Å². The number of rotatable bonds is 8. The van der Waals surface area contributed by atoms with Crippen LogP contribution in [-0.4, -0.2) is 57.5 Å². The molecule has 1 atom stereocenters. The lowest BCUT2D eigenvalue weighted by molar-refractivity contribution is -0.128. The first-order valence-electron chi connectivity index (χ1n) is 11.6. The van der Waals surface area contributed by atoms with Crippen molar-refractivity contribution >= 4 is 23.4 Å². The van der Waals surface area contributed by atoms with Crippen LogP contribution in [0.5, 0.6) is 5.75 Å². The van der Waals surface area contributed by atoms with Crippen LogP contribution in [0.25, 0.3) is 0 Å². The van der Waals surface area contributed by atoms with Crippen molar-refractivity contribution in [3.8, 4) is 5.75 Å². The Morgan fingerprint density at radius 2 is 1.69 bits per heavy atom. The molecule has 0 aliphatic carbocycles. The summed E-state index contributed by atoms with van der Waals surface area (Å²) in [6.07, 6.45) is -0.522. The fraction of sp³-hybridized carbons (Fsp3) is 0.400. The Bertz CT molecular complexity index is 1150. The van der Waals surface area contributed by atoms with E-state index in [4.69, 9.17) is 4.74 Å². The molecule has 1 aliphatic rings. The number of anilines is 1. The lowest BCUT2D eigenvalue weighted by Crippen LogP contribution is -2.49. The number of benzene rings is 2. The number of aromatic nitrogens is 3. The van der Waals surface area contributed by atoms with E-state index >= 15 is 0 Å². The number of thioether (sulfide) groups is 1. The summed E-state index contributed by atoms with van der Waals surface area (Å²) in [6.45, 7) is 8.40. The zero-order chi connectivity index (χ0) is 24.9. The van der Waals surface area contributed by atoms with Crippen molar-refractivity contribution in [1.29, 1.82) is 0 Å². The van der Waals surface area contributed by atoms with Crippen LogP contribution in [0.15, 0.2) is 53.7 Å². The molecule has 1 aliphatic heterocycles. The van der Waals surface area contributed by atoms with Gasteiger partial charge < -0.3 is 19.1 Å². The first kappa shape index (κ1) is 25.0. The smallest absolute Gasteiger partial charge is 0.233 e. The van der Waals surface area contributed by atoms with Gasteiger partial charge in [-0.2, -0.15) is 0 Å². The van der Waals surface area contributed by atoms with Gasteiger partial charge in [0.1, 0.15) is 5.82 Å². The van der Waals surface area contributed by atoms with Gasteiger partial charge in [0.05, 0.1) is 5.75 Å². The van der Waals surface area contributed by atoms with E-state index in [9.17, 15) is 13.6 Å². The third-order valence-corrected chi connectivity index (χ3v) is 6.79. The van der Waals surface area contributed by atoms with Gasteiger partial charge in [0, 0.05) is 37.9 Å². The van der Waals surface area contributed by atoms with Gasteiger partial charge in [0.25, 0.3) is 0 Å². The molecule has 1 aromatic heterocycles. The Kier molecular flexibility index (Phi) is 7.90. The van der Waals surface area contributed by atoms with Crippen LogP contribution >= 0.6 is 11.8 Å². The fourth-order valence-corrected chi connectivity index (χ4v) is 4.99. The van der Waals surface area contributed by atoms with Crippen LogP contribution in [0.3, 0.4) is 0 Å². The lowest BCUT2D eigenvalue weighted by atomic mass is 10.2. The number of carbonyl (C=O) groups is 1. The topological polar surface area (TPSA) is 63.5 Å². The number of piperazine rings is 1. The highest BCUT2D eigenvalue weighted by Gasteiger charge is 2.25. The predicted molar refractivity (Wildman–Crippen MR) is 132 cm³/mol. The van der Waals surface area contributed by atoms with Crippen LogP contribution in [-0.2, 0) is 4.79 Å². The summed E-state index contributed by atoms with van der Waals surface area (Å²) in [4.78, 5) is 16.9. The largest absolute Gasteiger partial charge is 0.480 e. The Morgan fingerprint density at radius 1 is 1.00 bits per heavy atom. The van der Waals surface area contributed by atoms with E-state index < -0.39 is 11.9 Å². The Labute approximate surface area is 208 Å². The Balaban J connectivity index is 1.35. The molecule has 35 heavy (non-hydrogen) atoms. The van der Waals surface area contributed by atoms with Gasteiger partial charge >= 0.3 is 0 Å². The molecule has 2 heterocycles. The molecule has 2 aromatic carbocycles. The molecular weight excluding hydrogens is 472 g/mol. The van der Waals surface area contributed by atoms with E-state index in [-0.39, 0.29) is 29.3 Å². The SMILES string of the molecule is CC(Oc1ccccc1F)c1nnc(SCC(=O)N2CCN(c3ccc(F)cc3)CC2)n1C(C)C. The fourth-order valence-electron chi connectivity index (χ4n) is 4.02. The monoisotopic (exact) mass is 501 g/mol. The van der Waals surface area contributed by atoms with Gasteiger partial charge in [-0.25, -0.2) is 8.78 Å². The van der Waals surface area contributed by atoms with Crippen molar-refractivity contribution in [3.63, 3.8) is 0 Å². The van der Waals surface area contributed by atoms with Crippen LogP contribution in [0.2, 0.25) is 0 Å². The number of amides is 1. The summed E-state index contributed by atoms with van der Waals surface area (Å²) < 4.78 is 34.9. The minimum Gasteiger partial charge on any atom is -0.480 e. The van der Waals surface area contributed by atoms with Gasteiger partial charge in [-0.15, -0.1) is 10.2 Å². The summed E-state index contributed by atoms with van der Waals surface area (Å²) in [5.41, 5.74) is 0.956. The van der Waals surface area contributed by atoms with Gasteiger partial charge in [0.2, 0.25) is 5.91 Å². The van der Waals surface area contributed by atoms with Gasteiger partial charge in [0.15, 0.2) is 28.7 Å². The molecule has 1 fully saturated rings. The minimum atomic E-state index is -0.522. The number of nitrogens with zero attached hydrogens (tertiary/aromatic N) is 5. The highest BCUT2D eigenvalue weighted by atomic mass is 32.2. The summed E-state index contributed by atoms with van der Waals surface area (Å²) >= 11 is 1.34. The molecular formula is C25H29F2N5O2S. The molecule has 1 unspecified atom stereocenters. The van der Waals surface area contributed by atoms with Gasteiger partial charge in [-0.1, -0.05) is 23.9 Å². The third kappa shape index (κ3) is 5.93. The number of ether oxygens (including phenoxy) is 1. The average molecular weight is 502 g/mol. The van der Waals surface area contributed by atoms with Crippen molar-refractivity contribution < 1.29 is 18.3 Å². The first-order chi connectivity index (χ1) is 16.8. The minimum absolute atomic E-state index is 0.0310. The standard InChI is InChI=1S/C25H29F2N5O2S/c1-17(2)32-24(18(3)34-22-7-5-4-6-21(22)27)28-29-25(32)35-16-23(33)31-14-12-30(13-15-31)20-10-8-19(26)9-11-20/h4-11,17-18H,12-16H2,1-3H3. The second-order valence-corrected chi connectivity index (χ2v) is 9.57. The molecule has 1 amide bonds. The highest BCUT2D eigenvalue weighted by Crippen LogP contribution is 2.29. The van der Waals surface area contributed by atoms with E-state index in [1.807, 2.05) is 23.3 Å². The highest BCUT2D eigenvalue weighted by molar-refractivity contribution is 7.99. The van der Waals surface area contributed by atoms with Crippen LogP contribution in [0.1, 0.15) is 38.7 Å². The number of halogens is 2. The molecule has 0 bridgehead atoms. The van der Waals surface area contributed by atoms with Gasteiger partial charge in [-0.3, -0.25) is 4.79 Å².